The molecule has 2 aromatic carbocycles. The summed E-state index contributed by atoms with van der Waals surface area (Å²) in [4.78, 5) is 20.7. The minimum Gasteiger partial charge on any atom is -0.496 e. The third kappa shape index (κ3) is 4.71. The van der Waals surface area contributed by atoms with E-state index in [1.54, 1.807) is 31.5 Å². The van der Waals surface area contributed by atoms with Gasteiger partial charge in [-0.15, -0.1) is 0 Å². The highest BCUT2D eigenvalue weighted by atomic mass is 16.5. The van der Waals surface area contributed by atoms with Crippen LogP contribution >= 0.6 is 0 Å². The van der Waals surface area contributed by atoms with E-state index in [9.17, 15) is 9.90 Å². The number of carboxylic acid groups (broad SMARTS) is 1. The van der Waals surface area contributed by atoms with Gasteiger partial charge in [0.15, 0.2) is 5.82 Å². The predicted molar refractivity (Wildman–Crippen MR) is 110 cm³/mol. The number of rotatable bonds is 8. The Morgan fingerprint density at radius 2 is 1.72 bits per heavy atom. The van der Waals surface area contributed by atoms with Crippen molar-refractivity contribution in [1.82, 2.24) is 9.97 Å². The van der Waals surface area contributed by atoms with Crippen molar-refractivity contribution in [3.8, 4) is 22.9 Å². The first-order valence-corrected chi connectivity index (χ1v) is 9.41. The largest absolute Gasteiger partial charge is 0.496 e. The summed E-state index contributed by atoms with van der Waals surface area (Å²) in [5, 5.41) is 9.63. The number of hydrogen-bond acceptors (Lipinski definition) is 5. The Hall–Kier alpha value is -3.41. The van der Waals surface area contributed by atoms with Crippen LogP contribution in [0.2, 0.25) is 0 Å². The van der Waals surface area contributed by atoms with Crippen LogP contribution in [0.3, 0.4) is 0 Å². The van der Waals surface area contributed by atoms with E-state index in [1.807, 2.05) is 50.2 Å². The van der Waals surface area contributed by atoms with E-state index in [-0.39, 0.29) is 12.5 Å². The summed E-state index contributed by atoms with van der Waals surface area (Å²) in [6.45, 7) is 3.98. The molecule has 0 saturated heterocycles. The molecular weight excluding hydrogens is 368 g/mol. The Morgan fingerprint density at radius 3 is 2.41 bits per heavy atom. The number of carboxylic acids is 1. The minimum atomic E-state index is -0.864. The molecule has 6 heteroatoms. The van der Waals surface area contributed by atoms with Gasteiger partial charge in [-0.05, 0) is 30.2 Å². The van der Waals surface area contributed by atoms with Gasteiger partial charge in [-0.2, -0.15) is 0 Å². The number of aromatic nitrogens is 2. The van der Waals surface area contributed by atoms with E-state index >= 15 is 0 Å². The molecule has 150 valence electrons. The van der Waals surface area contributed by atoms with Crippen molar-refractivity contribution in [2.45, 2.75) is 26.4 Å². The molecule has 0 bridgehead atoms. The molecule has 0 aliphatic carbocycles. The van der Waals surface area contributed by atoms with E-state index in [4.69, 9.17) is 9.47 Å². The number of carbonyl (C=O) groups is 1. The second-order valence-corrected chi connectivity index (χ2v) is 6.96. The van der Waals surface area contributed by atoms with Crippen LogP contribution in [0.1, 0.15) is 31.0 Å². The van der Waals surface area contributed by atoms with Crippen LogP contribution in [-0.2, 0) is 11.4 Å². The van der Waals surface area contributed by atoms with E-state index in [2.05, 4.69) is 9.97 Å². The fourth-order valence-electron chi connectivity index (χ4n) is 3.23. The number of methoxy groups -OCH3 is 1. The topological polar surface area (TPSA) is 81.5 Å². The molecular formula is C23H24N2O4. The second kappa shape index (κ2) is 9.19. The van der Waals surface area contributed by atoms with Gasteiger partial charge in [0, 0.05) is 11.8 Å². The summed E-state index contributed by atoms with van der Waals surface area (Å²) in [6, 6.07) is 16.6. The van der Waals surface area contributed by atoms with Gasteiger partial charge in [-0.25, -0.2) is 9.97 Å². The normalized spacial score (nSPS) is 11.9. The van der Waals surface area contributed by atoms with Gasteiger partial charge in [0.25, 0.3) is 0 Å². The third-order valence-corrected chi connectivity index (χ3v) is 4.62. The third-order valence-electron chi connectivity index (χ3n) is 4.62. The second-order valence-electron chi connectivity index (χ2n) is 6.96. The molecule has 1 heterocycles. The maximum atomic E-state index is 11.7. The Kier molecular flexibility index (Phi) is 6.44. The molecule has 1 aromatic heterocycles. The van der Waals surface area contributed by atoms with Crippen molar-refractivity contribution in [3.63, 3.8) is 0 Å². The van der Waals surface area contributed by atoms with Crippen molar-refractivity contribution in [2.24, 2.45) is 5.92 Å². The van der Waals surface area contributed by atoms with Crippen LogP contribution in [-0.4, -0.2) is 28.2 Å². The summed E-state index contributed by atoms with van der Waals surface area (Å²) in [5.41, 5.74) is 2.14. The van der Waals surface area contributed by atoms with E-state index in [0.717, 1.165) is 5.56 Å². The lowest BCUT2D eigenvalue weighted by Gasteiger charge is -2.20. The molecule has 0 aliphatic rings. The molecule has 29 heavy (non-hydrogen) atoms. The van der Waals surface area contributed by atoms with Crippen LogP contribution < -0.4 is 9.47 Å². The highest BCUT2D eigenvalue weighted by Crippen LogP contribution is 2.33. The number of hydrogen-bond donors (Lipinski definition) is 1. The molecule has 1 unspecified atom stereocenters. The average molecular weight is 392 g/mol. The minimum absolute atomic E-state index is 0.0616. The summed E-state index contributed by atoms with van der Waals surface area (Å²) < 4.78 is 11.4. The highest BCUT2D eigenvalue weighted by molar-refractivity contribution is 5.77. The van der Waals surface area contributed by atoms with Gasteiger partial charge in [-0.1, -0.05) is 44.2 Å². The van der Waals surface area contributed by atoms with Crippen LogP contribution in [0.4, 0.5) is 0 Å². The van der Waals surface area contributed by atoms with Crippen molar-refractivity contribution >= 4 is 5.97 Å². The maximum absolute atomic E-state index is 11.7. The molecule has 0 fully saturated rings. The van der Waals surface area contributed by atoms with Crippen molar-refractivity contribution in [2.75, 3.05) is 7.11 Å². The first-order chi connectivity index (χ1) is 14.0. The van der Waals surface area contributed by atoms with Gasteiger partial charge in [-0.3, -0.25) is 4.79 Å². The van der Waals surface area contributed by atoms with Gasteiger partial charge >= 0.3 is 5.97 Å². The molecule has 0 spiro atoms. The zero-order valence-corrected chi connectivity index (χ0v) is 16.7. The Bertz CT molecular complexity index is 988. The Morgan fingerprint density at radius 1 is 1.03 bits per heavy atom. The van der Waals surface area contributed by atoms with Crippen LogP contribution in [0, 0.1) is 5.92 Å². The average Bonchev–Trinajstić information content (AvgIpc) is 2.73. The number of aliphatic carboxylic acids is 1. The van der Waals surface area contributed by atoms with Crippen LogP contribution in [0.15, 0.2) is 60.8 Å². The van der Waals surface area contributed by atoms with Gasteiger partial charge in [0.05, 0.1) is 24.3 Å². The monoisotopic (exact) mass is 392 g/mol. The van der Waals surface area contributed by atoms with Crippen LogP contribution in [0.5, 0.6) is 11.5 Å². The summed E-state index contributed by atoms with van der Waals surface area (Å²) >= 11 is 0. The number of nitrogens with zero attached hydrogens (tertiary/aromatic N) is 2. The Labute approximate surface area is 170 Å². The summed E-state index contributed by atoms with van der Waals surface area (Å²) in [7, 11) is 1.61. The van der Waals surface area contributed by atoms with Crippen molar-refractivity contribution in [1.29, 1.82) is 0 Å². The predicted octanol–water partition coefficient (Wildman–Crippen LogP) is 4.56. The highest BCUT2D eigenvalue weighted by Gasteiger charge is 2.26. The fourth-order valence-corrected chi connectivity index (χ4v) is 3.23. The number of para-hydroxylation sites is 2. The first kappa shape index (κ1) is 20.3. The molecule has 0 amide bonds. The van der Waals surface area contributed by atoms with Crippen molar-refractivity contribution in [3.05, 3.63) is 72.1 Å². The lowest BCUT2D eigenvalue weighted by atomic mass is 9.88. The van der Waals surface area contributed by atoms with Crippen molar-refractivity contribution < 1.29 is 19.4 Å². The molecule has 0 radical (unpaired) electrons. The standard InChI is InChI=1S/C23H24N2O4/c1-15(2)21(23(26)27)17-8-4-7-11-20(17)29-14-16-12-13-24-22(25-16)18-9-5-6-10-19(18)28-3/h4-13,15,21H,14H2,1-3H3,(H,26,27). The maximum Gasteiger partial charge on any atom is 0.311 e. The van der Waals surface area contributed by atoms with Crippen LogP contribution in [0.25, 0.3) is 11.4 Å². The van der Waals surface area contributed by atoms with E-state index in [0.29, 0.717) is 28.6 Å². The fraction of sp³-hybridized carbons (Fsp3) is 0.261. The SMILES string of the molecule is COc1ccccc1-c1nccc(COc2ccccc2C(C(=O)O)C(C)C)n1. The summed E-state index contributed by atoms with van der Waals surface area (Å²) in [5.74, 6) is 0.219. The van der Waals surface area contributed by atoms with E-state index in [1.165, 1.54) is 0 Å². The molecule has 1 N–H and O–H groups in total. The first-order valence-electron chi connectivity index (χ1n) is 9.41. The van der Waals surface area contributed by atoms with E-state index < -0.39 is 11.9 Å². The lowest BCUT2D eigenvalue weighted by molar-refractivity contribution is -0.139. The molecule has 0 saturated carbocycles. The van der Waals surface area contributed by atoms with Gasteiger partial charge in [0.2, 0.25) is 0 Å². The quantitative estimate of drug-likeness (QED) is 0.605. The zero-order chi connectivity index (χ0) is 20.8. The molecule has 3 aromatic rings. The lowest BCUT2D eigenvalue weighted by Crippen LogP contribution is -2.18. The number of ether oxygens (including phenoxy) is 2. The Balaban J connectivity index is 1.84. The molecule has 6 nitrogen and oxygen atoms in total. The van der Waals surface area contributed by atoms with Gasteiger partial charge in [0.1, 0.15) is 18.1 Å². The number of benzene rings is 2. The summed E-state index contributed by atoms with van der Waals surface area (Å²) in [6.07, 6.45) is 1.67. The van der Waals surface area contributed by atoms with Gasteiger partial charge < -0.3 is 14.6 Å². The molecule has 3 rings (SSSR count). The molecule has 1 atom stereocenters. The molecule has 0 aliphatic heterocycles. The smallest absolute Gasteiger partial charge is 0.311 e. The zero-order valence-electron chi connectivity index (χ0n) is 16.7.